The molecular weight excluding hydrogens is 352 g/mol. The summed E-state index contributed by atoms with van der Waals surface area (Å²) in [6.45, 7) is 6.20. The summed E-state index contributed by atoms with van der Waals surface area (Å²) in [4.78, 5) is 14.8. The molecule has 6 nitrogen and oxygen atoms in total. The number of rotatable bonds is 7. The van der Waals surface area contributed by atoms with E-state index in [-0.39, 0.29) is 22.9 Å². The minimum Gasteiger partial charge on any atom is -0.496 e. The Kier molecular flexibility index (Phi) is 6.39. The van der Waals surface area contributed by atoms with E-state index >= 15 is 0 Å². The second kappa shape index (κ2) is 8.33. The van der Waals surface area contributed by atoms with Gasteiger partial charge < -0.3 is 9.64 Å². The van der Waals surface area contributed by atoms with Crippen molar-refractivity contribution in [3.8, 4) is 5.75 Å². The Balaban J connectivity index is 2.54. The zero-order valence-corrected chi connectivity index (χ0v) is 16.3. The van der Waals surface area contributed by atoms with Gasteiger partial charge in [-0.3, -0.25) is 4.79 Å². The number of sulfonamides is 1. The molecule has 0 bridgehead atoms. The first-order chi connectivity index (χ1) is 12.4. The second-order valence-electron chi connectivity index (χ2n) is 5.70. The van der Waals surface area contributed by atoms with Crippen LogP contribution in [0.15, 0.2) is 47.4 Å². The summed E-state index contributed by atoms with van der Waals surface area (Å²) in [6, 6.07) is 11.8. The van der Waals surface area contributed by atoms with E-state index in [1.54, 1.807) is 11.8 Å². The molecule has 2 aromatic carbocycles. The predicted molar refractivity (Wildman–Crippen MR) is 102 cm³/mol. The molecular formula is C19H24N2O4S. The van der Waals surface area contributed by atoms with E-state index in [9.17, 15) is 13.2 Å². The summed E-state index contributed by atoms with van der Waals surface area (Å²) >= 11 is 0. The Morgan fingerprint density at radius 1 is 1.15 bits per heavy atom. The van der Waals surface area contributed by atoms with Gasteiger partial charge in [-0.1, -0.05) is 25.1 Å². The molecule has 0 aliphatic carbocycles. The molecule has 0 aliphatic rings. The maximum atomic E-state index is 13.2. The molecule has 26 heavy (non-hydrogen) atoms. The molecule has 7 heteroatoms. The maximum absolute atomic E-state index is 13.2. The van der Waals surface area contributed by atoms with Crippen molar-refractivity contribution in [1.82, 2.24) is 4.72 Å². The van der Waals surface area contributed by atoms with Crippen LogP contribution in [0.25, 0.3) is 0 Å². The predicted octanol–water partition coefficient (Wildman–Crippen LogP) is 2.97. The lowest BCUT2D eigenvalue weighted by Crippen LogP contribution is -2.32. The van der Waals surface area contributed by atoms with Crippen LogP contribution in [0, 0.1) is 6.92 Å². The van der Waals surface area contributed by atoms with Crippen LogP contribution in [0.3, 0.4) is 0 Å². The molecule has 1 N–H and O–H groups in total. The fourth-order valence-corrected chi connectivity index (χ4v) is 3.80. The van der Waals surface area contributed by atoms with Gasteiger partial charge in [-0.05, 0) is 43.7 Å². The fourth-order valence-electron chi connectivity index (χ4n) is 2.73. The minimum absolute atomic E-state index is 0.0318. The highest BCUT2D eigenvalue weighted by atomic mass is 32.2. The Bertz CT molecular complexity index is 894. The zero-order chi connectivity index (χ0) is 19.3. The van der Waals surface area contributed by atoms with Gasteiger partial charge in [-0.15, -0.1) is 0 Å². The molecule has 2 aromatic rings. The van der Waals surface area contributed by atoms with Crippen molar-refractivity contribution < 1.29 is 17.9 Å². The number of hydrogen-bond donors (Lipinski definition) is 1. The highest BCUT2D eigenvalue weighted by Gasteiger charge is 2.24. The van der Waals surface area contributed by atoms with Crippen LogP contribution in [-0.2, 0) is 10.0 Å². The van der Waals surface area contributed by atoms with Gasteiger partial charge in [0, 0.05) is 18.8 Å². The summed E-state index contributed by atoms with van der Waals surface area (Å²) in [5.41, 5.74) is 1.94. The molecule has 2 rings (SSSR count). The summed E-state index contributed by atoms with van der Waals surface area (Å²) in [7, 11) is -2.22. The van der Waals surface area contributed by atoms with E-state index in [0.717, 1.165) is 11.3 Å². The summed E-state index contributed by atoms with van der Waals surface area (Å²) in [5.74, 6) is 0.0182. The highest BCUT2D eigenvalue weighted by molar-refractivity contribution is 7.89. The monoisotopic (exact) mass is 376 g/mol. The SMILES string of the molecule is CCNS(=O)(=O)c1ccc(OC)c(C(=O)N(CC)c2ccccc2C)c1. The van der Waals surface area contributed by atoms with Crippen molar-refractivity contribution in [2.24, 2.45) is 0 Å². The molecule has 1 amide bonds. The van der Waals surface area contributed by atoms with Crippen LogP contribution in [0.5, 0.6) is 5.75 Å². The molecule has 0 aromatic heterocycles. The van der Waals surface area contributed by atoms with Gasteiger partial charge in [-0.2, -0.15) is 0 Å². The van der Waals surface area contributed by atoms with E-state index in [0.29, 0.717) is 12.3 Å². The van der Waals surface area contributed by atoms with Crippen LogP contribution in [0.1, 0.15) is 29.8 Å². The number of carbonyl (C=O) groups is 1. The summed E-state index contributed by atoms with van der Waals surface area (Å²) in [5, 5.41) is 0. The first-order valence-corrected chi connectivity index (χ1v) is 9.89. The van der Waals surface area contributed by atoms with Gasteiger partial charge >= 0.3 is 0 Å². The lowest BCUT2D eigenvalue weighted by atomic mass is 10.1. The van der Waals surface area contributed by atoms with E-state index in [4.69, 9.17) is 4.74 Å². The molecule has 140 valence electrons. The van der Waals surface area contributed by atoms with Crippen LogP contribution >= 0.6 is 0 Å². The average Bonchev–Trinajstić information content (AvgIpc) is 2.63. The molecule has 0 fully saturated rings. The third kappa shape index (κ3) is 4.05. The van der Waals surface area contributed by atoms with E-state index in [2.05, 4.69) is 4.72 Å². The lowest BCUT2D eigenvalue weighted by molar-refractivity contribution is 0.0985. The number of aryl methyl sites for hydroxylation is 1. The van der Waals surface area contributed by atoms with Crippen molar-refractivity contribution in [3.63, 3.8) is 0 Å². The fraction of sp³-hybridized carbons (Fsp3) is 0.316. The third-order valence-electron chi connectivity index (χ3n) is 4.01. The molecule has 0 atom stereocenters. The average molecular weight is 376 g/mol. The van der Waals surface area contributed by atoms with Crippen LogP contribution in [0.4, 0.5) is 5.69 Å². The van der Waals surface area contributed by atoms with Crippen LogP contribution < -0.4 is 14.4 Å². The van der Waals surface area contributed by atoms with E-state index in [1.807, 2.05) is 38.1 Å². The normalized spacial score (nSPS) is 11.2. The molecule has 0 heterocycles. The molecule has 0 aliphatic heterocycles. The number of hydrogen-bond acceptors (Lipinski definition) is 4. The van der Waals surface area contributed by atoms with Crippen LogP contribution in [-0.4, -0.2) is 34.5 Å². The standard InChI is InChI=1S/C19H24N2O4S/c1-5-20-26(23,24)15-11-12-18(25-4)16(13-15)19(22)21(6-2)17-10-8-7-9-14(17)3/h7-13,20H,5-6H2,1-4H3. The van der Waals surface area contributed by atoms with Crippen molar-refractivity contribution in [1.29, 1.82) is 0 Å². The number of nitrogens with zero attached hydrogens (tertiary/aromatic N) is 1. The van der Waals surface area contributed by atoms with Gasteiger partial charge in [0.1, 0.15) is 5.75 Å². The molecule has 0 saturated heterocycles. The number of nitrogens with one attached hydrogen (secondary N) is 1. The van der Waals surface area contributed by atoms with E-state index < -0.39 is 10.0 Å². The van der Waals surface area contributed by atoms with Crippen molar-refractivity contribution >= 4 is 21.6 Å². The molecule has 0 unspecified atom stereocenters. The number of benzene rings is 2. The second-order valence-corrected chi connectivity index (χ2v) is 7.47. The number of para-hydroxylation sites is 1. The number of anilines is 1. The topological polar surface area (TPSA) is 75.7 Å². The first kappa shape index (κ1) is 19.9. The summed E-state index contributed by atoms with van der Waals surface area (Å²) in [6.07, 6.45) is 0. The van der Waals surface area contributed by atoms with Crippen molar-refractivity contribution in [2.75, 3.05) is 25.1 Å². The van der Waals surface area contributed by atoms with Crippen molar-refractivity contribution in [2.45, 2.75) is 25.7 Å². The largest absolute Gasteiger partial charge is 0.496 e. The highest BCUT2D eigenvalue weighted by Crippen LogP contribution is 2.27. The maximum Gasteiger partial charge on any atom is 0.262 e. The van der Waals surface area contributed by atoms with E-state index in [1.165, 1.54) is 25.3 Å². The lowest BCUT2D eigenvalue weighted by Gasteiger charge is -2.24. The minimum atomic E-state index is -3.67. The molecule has 0 radical (unpaired) electrons. The first-order valence-electron chi connectivity index (χ1n) is 8.40. The smallest absolute Gasteiger partial charge is 0.262 e. The Morgan fingerprint density at radius 3 is 2.42 bits per heavy atom. The summed E-state index contributed by atoms with van der Waals surface area (Å²) < 4.78 is 32.3. The van der Waals surface area contributed by atoms with Gasteiger partial charge in [0.15, 0.2) is 0 Å². The third-order valence-corrected chi connectivity index (χ3v) is 5.56. The van der Waals surface area contributed by atoms with Crippen LogP contribution in [0.2, 0.25) is 0 Å². The number of ether oxygens (including phenoxy) is 1. The quantitative estimate of drug-likeness (QED) is 0.806. The molecule has 0 saturated carbocycles. The number of amides is 1. The van der Waals surface area contributed by atoms with Gasteiger partial charge in [0.25, 0.3) is 5.91 Å². The zero-order valence-electron chi connectivity index (χ0n) is 15.4. The van der Waals surface area contributed by atoms with Gasteiger partial charge in [-0.25, -0.2) is 13.1 Å². The van der Waals surface area contributed by atoms with Gasteiger partial charge in [0.2, 0.25) is 10.0 Å². The Hall–Kier alpha value is -2.38. The van der Waals surface area contributed by atoms with Crippen molar-refractivity contribution in [3.05, 3.63) is 53.6 Å². The van der Waals surface area contributed by atoms with Gasteiger partial charge in [0.05, 0.1) is 17.6 Å². The number of carbonyl (C=O) groups excluding carboxylic acids is 1. The number of methoxy groups -OCH3 is 1. The Morgan fingerprint density at radius 2 is 1.85 bits per heavy atom. The molecule has 0 spiro atoms. The Labute approximate surface area is 154 Å².